The first-order chi connectivity index (χ1) is 8.20. The standard InChI is InChI=1S/C13H16N2O2/c1-9(15-17)11-6-3-7-12(8-11)14-13(16)10-4-2-5-10/h3,6-8,10,17H,2,4-5H2,1H3,(H,14,16)/b15-9+. The third-order valence-electron chi connectivity index (χ3n) is 3.17. The third-order valence-corrected chi connectivity index (χ3v) is 3.17. The van der Waals surface area contributed by atoms with Gasteiger partial charge in [-0.05, 0) is 31.9 Å². The predicted molar refractivity (Wildman–Crippen MR) is 66.4 cm³/mol. The van der Waals surface area contributed by atoms with E-state index in [0.717, 1.165) is 30.5 Å². The van der Waals surface area contributed by atoms with Gasteiger partial charge in [0.15, 0.2) is 0 Å². The number of amides is 1. The molecule has 90 valence electrons. The number of nitrogens with zero attached hydrogens (tertiary/aromatic N) is 1. The molecule has 1 amide bonds. The van der Waals surface area contributed by atoms with Crippen molar-refractivity contribution in [3.8, 4) is 0 Å². The molecule has 0 spiro atoms. The van der Waals surface area contributed by atoms with Gasteiger partial charge < -0.3 is 10.5 Å². The highest BCUT2D eigenvalue weighted by atomic mass is 16.4. The number of hydrogen-bond donors (Lipinski definition) is 2. The van der Waals surface area contributed by atoms with Gasteiger partial charge in [-0.3, -0.25) is 4.79 Å². The van der Waals surface area contributed by atoms with Crippen LogP contribution in [0.2, 0.25) is 0 Å². The van der Waals surface area contributed by atoms with Crippen LogP contribution in [0.1, 0.15) is 31.7 Å². The van der Waals surface area contributed by atoms with Gasteiger partial charge >= 0.3 is 0 Å². The Balaban J connectivity index is 2.08. The van der Waals surface area contributed by atoms with E-state index in [9.17, 15) is 4.79 Å². The van der Waals surface area contributed by atoms with Crippen LogP contribution in [0.4, 0.5) is 5.69 Å². The van der Waals surface area contributed by atoms with Gasteiger partial charge in [0, 0.05) is 17.2 Å². The number of rotatable bonds is 3. The van der Waals surface area contributed by atoms with Gasteiger partial charge in [0.1, 0.15) is 0 Å². The quantitative estimate of drug-likeness (QED) is 0.478. The highest BCUT2D eigenvalue weighted by Crippen LogP contribution is 2.27. The molecule has 0 radical (unpaired) electrons. The van der Waals surface area contributed by atoms with Crippen molar-refractivity contribution >= 4 is 17.3 Å². The van der Waals surface area contributed by atoms with E-state index >= 15 is 0 Å². The highest BCUT2D eigenvalue weighted by molar-refractivity contribution is 6.00. The summed E-state index contributed by atoms with van der Waals surface area (Å²) in [6, 6.07) is 7.32. The number of anilines is 1. The zero-order valence-electron chi connectivity index (χ0n) is 9.81. The van der Waals surface area contributed by atoms with E-state index in [-0.39, 0.29) is 11.8 Å². The van der Waals surface area contributed by atoms with Gasteiger partial charge in [0.05, 0.1) is 5.71 Å². The van der Waals surface area contributed by atoms with Crippen LogP contribution in [-0.2, 0) is 4.79 Å². The van der Waals surface area contributed by atoms with E-state index in [1.54, 1.807) is 6.92 Å². The monoisotopic (exact) mass is 232 g/mol. The van der Waals surface area contributed by atoms with Crippen molar-refractivity contribution in [1.82, 2.24) is 0 Å². The van der Waals surface area contributed by atoms with E-state index in [2.05, 4.69) is 10.5 Å². The van der Waals surface area contributed by atoms with E-state index in [0.29, 0.717) is 5.71 Å². The summed E-state index contributed by atoms with van der Waals surface area (Å²) >= 11 is 0. The van der Waals surface area contributed by atoms with E-state index in [1.165, 1.54) is 0 Å². The van der Waals surface area contributed by atoms with Crippen molar-refractivity contribution in [2.75, 3.05) is 5.32 Å². The maximum atomic E-state index is 11.8. The van der Waals surface area contributed by atoms with Crippen LogP contribution < -0.4 is 5.32 Å². The Kier molecular flexibility index (Phi) is 3.42. The molecule has 1 aromatic rings. The van der Waals surface area contributed by atoms with Crippen LogP contribution in [0.25, 0.3) is 0 Å². The van der Waals surface area contributed by atoms with Crippen molar-refractivity contribution in [2.24, 2.45) is 11.1 Å². The Morgan fingerprint density at radius 2 is 2.24 bits per heavy atom. The highest BCUT2D eigenvalue weighted by Gasteiger charge is 2.25. The molecule has 4 heteroatoms. The summed E-state index contributed by atoms with van der Waals surface area (Å²) in [4.78, 5) is 11.8. The number of carbonyl (C=O) groups is 1. The Morgan fingerprint density at radius 1 is 1.47 bits per heavy atom. The zero-order chi connectivity index (χ0) is 12.3. The van der Waals surface area contributed by atoms with Crippen LogP contribution in [0.3, 0.4) is 0 Å². The number of oxime groups is 1. The third kappa shape index (κ3) is 2.64. The predicted octanol–water partition coefficient (Wildman–Crippen LogP) is 2.62. The van der Waals surface area contributed by atoms with Gasteiger partial charge in [-0.1, -0.05) is 23.7 Å². The van der Waals surface area contributed by atoms with Gasteiger partial charge in [0.2, 0.25) is 5.91 Å². The number of benzene rings is 1. The van der Waals surface area contributed by atoms with E-state index in [4.69, 9.17) is 5.21 Å². The SMILES string of the molecule is C/C(=N\O)c1cccc(NC(=O)C2CCC2)c1. The zero-order valence-corrected chi connectivity index (χ0v) is 9.81. The molecular weight excluding hydrogens is 216 g/mol. The molecule has 1 fully saturated rings. The second-order valence-corrected chi connectivity index (χ2v) is 4.38. The molecular formula is C13H16N2O2. The molecule has 2 N–H and O–H groups in total. The smallest absolute Gasteiger partial charge is 0.227 e. The summed E-state index contributed by atoms with van der Waals surface area (Å²) in [6.45, 7) is 1.72. The molecule has 0 aromatic heterocycles. The molecule has 17 heavy (non-hydrogen) atoms. The minimum atomic E-state index is 0.0898. The molecule has 0 unspecified atom stereocenters. The van der Waals surface area contributed by atoms with Crippen LogP contribution in [0.15, 0.2) is 29.4 Å². The van der Waals surface area contributed by atoms with Crippen molar-refractivity contribution in [2.45, 2.75) is 26.2 Å². The van der Waals surface area contributed by atoms with Crippen LogP contribution in [0.5, 0.6) is 0 Å². The lowest BCUT2D eigenvalue weighted by Crippen LogP contribution is -2.28. The molecule has 1 aromatic carbocycles. The molecule has 0 bridgehead atoms. The lowest BCUT2D eigenvalue weighted by molar-refractivity contribution is -0.122. The average molecular weight is 232 g/mol. The molecule has 0 atom stereocenters. The van der Waals surface area contributed by atoms with Crippen molar-refractivity contribution in [3.05, 3.63) is 29.8 Å². The molecule has 4 nitrogen and oxygen atoms in total. The van der Waals surface area contributed by atoms with Crippen LogP contribution in [0, 0.1) is 5.92 Å². The summed E-state index contributed by atoms with van der Waals surface area (Å²) < 4.78 is 0. The lowest BCUT2D eigenvalue weighted by Gasteiger charge is -2.24. The number of carbonyl (C=O) groups excluding carboxylic acids is 1. The minimum absolute atomic E-state index is 0.0898. The first kappa shape index (κ1) is 11.6. The molecule has 0 heterocycles. The molecule has 1 aliphatic rings. The molecule has 0 aliphatic heterocycles. The van der Waals surface area contributed by atoms with Gasteiger partial charge in [-0.15, -0.1) is 0 Å². The fourth-order valence-electron chi connectivity index (χ4n) is 1.79. The normalized spacial score (nSPS) is 16.4. The number of hydrogen-bond acceptors (Lipinski definition) is 3. The summed E-state index contributed by atoms with van der Waals surface area (Å²) in [5.41, 5.74) is 2.09. The van der Waals surface area contributed by atoms with Crippen LogP contribution >= 0.6 is 0 Å². The van der Waals surface area contributed by atoms with Crippen molar-refractivity contribution in [3.63, 3.8) is 0 Å². The second kappa shape index (κ2) is 4.99. The lowest BCUT2D eigenvalue weighted by atomic mass is 9.85. The van der Waals surface area contributed by atoms with Gasteiger partial charge in [0.25, 0.3) is 0 Å². The summed E-state index contributed by atoms with van der Waals surface area (Å²) in [6.07, 6.45) is 3.12. The van der Waals surface area contributed by atoms with E-state index in [1.807, 2.05) is 24.3 Å². The molecule has 1 aliphatic carbocycles. The average Bonchev–Trinajstić information content (AvgIpc) is 2.26. The topological polar surface area (TPSA) is 61.7 Å². The summed E-state index contributed by atoms with van der Waals surface area (Å²) in [5, 5.41) is 14.7. The largest absolute Gasteiger partial charge is 0.411 e. The molecule has 0 saturated heterocycles. The Hall–Kier alpha value is -1.84. The fourth-order valence-corrected chi connectivity index (χ4v) is 1.79. The minimum Gasteiger partial charge on any atom is -0.411 e. The second-order valence-electron chi connectivity index (χ2n) is 4.38. The first-order valence-electron chi connectivity index (χ1n) is 5.80. The first-order valence-corrected chi connectivity index (χ1v) is 5.80. The van der Waals surface area contributed by atoms with Gasteiger partial charge in [-0.25, -0.2) is 0 Å². The van der Waals surface area contributed by atoms with Crippen LogP contribution in [-0.4, -0.2) is 16.8 Å². The molecule has 1 saturated carbocycles. The Labute approximate surface area is 100 Å². The van der Waals surface area contributed by atoms with Crippen molar-refractivity contribution < 1.29 is 10.0 Å². The van der Waals surface area contributed by atoms with Gasteiger partial charge in [-0.2, -0.15) is 0 Å². The number of nitrogens with one attached hydrogen (secondary N) is 1. The maximum absolute atomic E-state index is 11.8. The Morgan fingerprint density at radius 3 is 2.82 bits per heavy atom. The van der Waals surface area contributed by atoms with Crippen molar-refractivity contribution in [1.29, 1.82) is 0 Å². The Bertz CT molecular complexity index is 450. The summed E-state index contributed by atoms with van der Waals surface area (Å²) in [7, 11) is 0. The summed E-state index contributed by atoms with van der Waals surface area (Å²) in [5.74, 6) is 0.262. The fraction of sp³-hybridized carbons (Fsp3) is 0.385. The maximum Gasteiger partial charge on any atom is 0.227 e. The molecule has 2 rings (SSSR count). The van der Waals surface area contributed by atoms with E-state index < -0.39 is 0 Å².